The summed E-state index contributed by atoms with van der Waals surface area (Å²) < 4.78 is 0. The van der Waals surface area contributed by atoms with Gasteiger partial charge in [0.15, 0.2) is 0 Å². The highest BCUT2D eigenvalue weighted by Gasteiger charge is 2.61. The Morgan fingerprint density at radius 1 is 1.18 bits per heavy atom. The van der Waals surface area contributed by atoms with Crippen LogP contribution in [-0.4, -0.2) is 45.2 Å². The van der Waals surface area contributed by atoms with Crippen LogP contribution in [0.3, 0.4) is 0 Å². The van der Waals surface area contributed by atoms with E-state index in [2.05, 4.69) is 20.8 Å². The summed E-state index contributed by atoms with van der Waals surface area (Å²) in [5.41, 5.74) is 0.197. The summed E-state index contributed by atoms with van der Waals surface area (Å²) in [4.78, 5) is 21.1. The number of rotatable bonds is 2. The molecule has 3 N–H and O–H groups in total. The van der Waals surface area contributed by atoms with Crippen LogP contribution in [0.25, 0.3) is 0 Å². The van der Waals surface area contributed by atoms with Crippen LogP contribution in [-0.2, 0) is 14.6 Å². The van der Waals surface area contributed by atoms with E-state index in [0.717, 1.165) is 12.0 Å². The molecule has 6 heteroatoms. The zero-order chi connectivity index (χ0) is 21.1. The van der Waals surface area contributed by atoms with Gasteiger partial charge in [-0.1, -0.05) is 38.8 Å². The quantitative estimate of drug-likeness (QED) is 0.377. The van der Waals surface area contributed by atoms with E-state index in [4.69, 9.17) is 9.78 Å². The summed E-state index contributed by atoms with van der Waals surface area (Å²) in [6.07, 6.45) is 0.719. The third-order valence-electron chi connectivity index (χ3n) is 8.29. The lowest BCUT2D eigenvalue weighted by molar-refractivity contribution is -0.318. The fourth-order valence-corrected chi connectivity index (χ4v) is 6.44. The molecule has 3 rings (SSSR count). The van der Waals surface area contributed by atoms with Crippen molar-refractivity contribution in [3.8, 4) is 0 Å². The highest BCUT2D eigenvalue weighted by Crippen LogP contribution is 2.60. The lowest BCUT2D eigenvalue weighted by atomic mass is 9.48. The molecule has 160 valence electrons. The van der Waals surface area contributed by atoms with Gasteiger partial charge in [-0.2, -0.15) is 4.89 Å². The number of hydrogen-bond donors (Lipinski definition) is 3. The Morgan fingerprint density at radius 3 is 2.43 bits per heavy atom. The second-order valence-electron chi connectivity index (χ2n) is 10.1. The smallest absolute Gasteiger partial charge is 0.339 e. The fraction of sp³-hybridized carbons (Fsp3) is 0.864. The summed E-state index contributed by atoms with van der Waals surface area (Å²) in [6, 6.07) is 0. The molecule has 2 bridgehead atoms. The molecule has 2 fully saturated rings. The Bertz CT molecular complexity index is 670. The first-order valence-corrected chi connectivity index (χ1v) is 10.5. The molecule has 0 saturated heterocycles. The first kappa shape index (κ1) is 21.8. The van der Waals surface area contributed by atoms with Gasteiger partial charge in [0, 0.05) is 30.1 Å². The van der Waals surface area contributed by atoms with E-state index in [1.54, 1.807) is 0 Å². The predicted molar refractivity (Wildman–Crippen MR) is 104 cm³/mol. The Balaban J connectivity index is 2.03. The standard InChI is InChI=1S/C22H36O6/c1-12-7-8-22(26)11-15-9-16(28-27-14(3)23)10-17(24)21(15,6)19(25)13(2)18(12)20(22,4)5/h13,15-17,19,24-26H,7-11H2,1-6H3/t13?,15?,16?,17-,19+,21-,22+/m0/s1. The van der Waals surface area contributed by atoms with Gasteiger partial charge in [0.1, 0.15) is 6.10 Å². The maximum atomic E-state index is 11.8. The lowest BCUT2D eigenvalue weighted by Gasteiger charge is -2.60. The fourth-order valence-electron chi connectivity index (χ4n) is 6.44. The van der Waals surface area contributed by atoms with Crippen molar-refractivity contribution < 1.29 is 29.9 Å². The molecule has 3 aliphatic rings. The average molecular weight is 397 g/mol. The molecule has 3 aliphatic carbocycles. The molecule has 0 aromatic heterocycles. The minimum absolute atomic E-state index is 0.168. The van der Waals surface area contributed by atoms with E-state index in [0.29, 0.717) is 19.3 Å². The van der Waals surface area contributed by atoms with Crippen LogP contribution in [0, 0.1) is 22.7 Å². The van der Waals surface area contributed by atoms with E-state index < -0.39 is 40.7 Å². The molecule has 0 aromatic carbocycles. The third-order valence-corrected chi connectivity index (χ3v) is 8.29. The van der Waals surface area contributed by atoms with Crippen LogP contribution >= 0.6 is 0 Å². The van der Waals surface area contributed by atoms with Crippen molar-refractivity contribution >= 4 is 5.97 Å². The number of aliphatic hydroxyl groups is 3. The van der Waals surface area contributed by atoms with E-state index in [1.807, 2.05) is 13.8 Å². The molecule has 3 unspecified atom stereocenters. The Labute approximate surface area is 167 Å². The normalized spacial score (nSPS) is 45.7. The zero-order valence-electron chi connectivity index (χ0n) is 18.0. The van der Waals surface area contributed by atoms with Crippen LogP contribution in [0.1, 0.15) is 73.6 Å². The summed E-state index contributed by atoms with van der Waals surface area (Å²) >= 11 is 0. The van der Waals surface area contributed by atoms with Gasteiger partial charge < -0.3 is 15.3 Å². The second-order valence-corrected chi connectivity index (χ2v) is 10.1. The molecule has 0 radical (unpaired) electrons. The summed E-state index contributed by atoms with van der Waals surface area (Å²) in [5.74, 6) is -0.875. The number of carbonyl (C=O) groups is 1. The van der Waals surface area contributed by atoms with Gasteiger partial charge in [-0.25, -0.2) is 4.79 Å². The molecule has 6 nitrogen and oxygen atoms in total. The van der Waals surface area contributed by atoms with Gasteiger partial charge >= 0.3 is 5.97 Å². The Kier molecular flexibility index (Phi) is 5.50. The maximum Gasteiger partial charge on any atom is 0.339 e. The number of carbonyl (C=O) groups excluding carboxylic acids is 1. The minimum Gasteiger partial charge on any atom is -0.392 e. The van der Waals surface area contributed by atoms with Crippen molar-refractivity contribution in [2.24, 2.45) is 22.7 Å². The summed E-state index contributed by atoms with van der Waals surface area (Å²) in [5, 5.41) is 34.3. The molecule has 0 heterocycles. The van der Waals surface area contributed by atoms with Gasteiger partial charge in [0.2, 0.25) is 0 Å². The van der Waals surface area contributed by atoms with E-state index in [9.17, 15) is 20.1 Å². The van der Waals surface area contributed by atoms with Crippen molar-refractivity contribution in [3.63, 3.8) is 0 Å². The van der Waals surface area contributed by atoms with Gasteiger partial charge in [-0.3, -0.25) is 4.89 Å². The monoisotopic (exact) mass is 396 g/mol. The second kappa shape index (κ2) is 7.08. The first-order valence-electron chi connectivity index (χ1n) is 10.5. The topological polar surface area (TPSA) is 96.2 Å². The van der Waals surface area contributed by atoms with E-state index >= 15 is 0 Å². The zero-order valence-corrected chi connectivity index (χ0v) is 18.0. The number of fused-ring (bicyclic) bond motifs is 3. The summed E-state index contributed by atoms with van der Waals surface area (Å²) in [7, 11) is 0. The van der Waals surface area contributed by atoms with E-state index in [1.165, 1.54) is 12.5 Å². The van der Waals surface area contributed by atoms with Gasteiger partial charge in [0.05, 0.1) is 17.8 Å². The average Bonchev–Trinajstić information content (AvgIpc) is 2.59. The third kappa shape index (κ3) is 3.13. The van der Waals surface area contributed by atoms with Crippen molar-refractivity contribution in [3.05, 3.63) is 11.1 Å². The van der Waals surface area contributed by atoms with Crippen molar-refractivity contribution in [2.45, 2.75) is 97.6 Å². The molecule has 0 spiro atoms. The largest absolute Gasteiger partial charge is 0.392 e. The lowest BCUT2D eigenvalue weighted by Crippen LogP contribution is -2.63. The van der Waals surface area contributed by atoms with Crippen LogP contribution in [0.2, 0.25) is 0 Å². The number of allylic oxidation sites excluding steroid dienone is 1. The predicted octanol–water partition coefficient (Wildman–Crippen LogP) is 2.90. The highest BCUT2D eigenvalue weighted by atomic mass is 17.2. The Morgan fingerprint density at radius 2 is 1.82 bits per heavy atom. The van der Waals surface area contributed by atoms with Crippen molar-refractivity contribution in [1.82, 2.24) is 0 Å². The van der Waals surface area contributed by atoms with Crippen LogP contribution in [0.4, 0.5) is 0 Å². The first-order chi connectivity index (χ1) is 12.8. The van der Waals surface area contributed by atoms with Crippen molar-refractivity contribution in [2.75, 3.05) is 0 Å². The van der Waals surface area contributed by atoms with Gasteiger partial charge in [-0.15, -0.1) is 0 Å². The molecule has 0 amide bonds. The SMILES string of the molecule is CC(=O)OOC1CC2C[C@]3(O)CCC(C)=C(C(C)[C@@H](O)[C@]2(C)[C@@H](O)C1)C3(C)C. The highest BCUT2D eigenvalue weighted by molar-refractivity contribution is 5.65. The number of aliphatic hydroxyl groups excluding tert-OH is 2. The van der Waals surface area contributed by atoms with E-state index in [-0.39, 0.29) is 18.3 Å². The van der Waals surface area contributed by atoms with Crippen molar-refractivity contribution in [1.29, 1.82) is 0 Å². The number of hydrogen-bond acceptors (Lipinski definition) is 6. The molecule has 28 heavy (non-hydrogen) atoms. The van der Waals surface area contributed by atoms with Crippen LogP contribution in [0.15, 0.2) is 11.1 Å². The molecule has 0 aromatic rings. The van der Waals surface area contributed by atoms with Crippen LogP contribution < -0.4 is 0 Å². The molecule has 0 aliphatic heterocycles. The molecular formula is C22H36O6. The summed E-state index contributed by atoms with van der Waals surface area (Å²) in [6.45, 7) is 11.5. The maximum absolute atomic E-state index is 11.8. The Hall–Kier alpha value is -0.950. The van der Waals surface area contributed by atoms with Crippen LogP contribution in [0.5, 0.6) is 0 Å². The molecular weight excluding hydrogens is 360 g/mol. The molecule has 7 atom stereocenters. The van der Waals surface area contributed by atoms with Gasteiger partial charge in [-0.05, 0) is 38.5 Å². The molecule has 2 saturated carbocycles. The minimum atomic E-state index is -0.925. The van der Waals surface area contributed by atoms with Gasteiger partial charge in [0.25, 0.3) is 0 Å².